The van der Waals surface area contributed by atoms with E-state index in [4.69, 9.17) is 28.4 Å². The van der Waals surface area contributed by atoms with Gasteiger partial charge in [0.2, 0.25) is 16.8 Å². The highest BCUT2D eigenvalue weighted by Gasteiger charge is 2.44. The van der Waals surface area contributed by atoms with Gasteiger partial charge in [-0.2, -0.15) is 4.31 Å². The lowest BCUT2D eigenvalue weighted by Crippen LogP contribution is -2.51. The van der Waals surface area contributed by atoms with Crippen molar-refractivity contribution in [2.45, 2.75) is 56.1 Å². The molecule has 3 aliphatic heterocycles. The minimum absolute atomic E-state index is 0.00296. The number of hydrogen-bond donors (Lipinski definition) is 3. The summed E-state index contributed by atoms with van der Waals surface area (Å²) < 4.78 is 61.5. The normalized spacial score (nSPS) is 21.8. The van der Waals surface area contributed by atoms with Crippen LogP contribution in [0.2, 0.25) is 0 Å². The van der Waals surface area contributed by atoms with Gasteiger partial charge in [0.1, 0.15) is 11.9 Å². The molecule has 45 heavy (non-hydrogen) atoms. The van der Waals surface area contributed by atoms with Crippen LogP contribution in [0.5, 0.6) is 17.2 Å². The van der Waals surface area contributed by atoms with Gasteiger partial charge in [-0.1, -0.05) is 26.0 Å². The molecule has 3 heterocycles. The molecule has 2 fully saturated rings. The van der Waals surface area contributed by atoms with E-state index in [9.17, 15) is 23.1 Å². The van der Waals surface area contributed by atoms with Gasteiger partial charge < -0.3 is 44.2 Å². The van der Waals surface area contributed by atoms with Gasteiger partial charge in [-0.3, -0.25) is 0 Å². The molecule has 5 atom stereocenters. The molecule has 2 saturated heterocycles. The Kier molecular flexibility index (Phi) is 10.3. The summed E-state index contributed by atoms with van der Waals surface area (Å²) in [4.78, 5) is 24.7. The number of aliphatic hydroxyl groups excluding tert-OH is 1. The molecule has 3 aliphatic rings. The van der Waals surface area contributed by atoms with E-state index in [0.717, 1.165) is 0 Å². The summed E-state index contributed by atoms with van der Waals surface area (Å²) in [5.74, 6) is 0.907. The van der Waals surface area contributed by atoms with Crippen LogP contribution < -0.4 is 24.8 Å². The zero-order valence-corrected chi connectivity index (χ0v) is 26.2. The molecule has 2 aromatic rings. The molecule has 2 unspecified atom stereocenters. The van der Waals surface area contributed by atoms with E-state index in [0.29, 0.717) is 35.8 Å². The fraction of sp³-hybridized carbons (Fsp3) is 0.533. The van der Waals surface area contributed by atoms with Gasteiger partial charge in [-0.15, -0.1) is 0 Å². The van der Waals surface area contributed by atoms with Crippen LogP contribution in [-0.2, 0) is 30.7 Å². The Morgan fingerprint density at radius 3 is 2.53 bits per heavy atom. The molecule has 2 amide bonds. The second-order valence-corrected chi connectivity index (χ2v) is 13.4. The Bertz CT molecular complexity index is 1450. The lowest BCUT2D eigenvalue weighted by atomic mass is 10.0. The third-order valence-corrected chi connectivity index (χ3v) is 9.57. The van der Waals surface area contributed by atoms with Gasteiger partial charge >= 0.3 is 12.2 Å². The minimum atomic E-state index is -4.09. The number of ether oxygens (including phenoxy) is 6. The number of sulfonamides is 1. The molecule has 0 aliphatic carbocycles. The summed E-state index contributed by atoms with van der Waals surface area (Å²) in [5, 5.41) is 16.7. The first-order chi connectivity index (χ1) is 21.5. The third-order valence-electron chi connectivity index (χ3n) is 7.75. The summed E-state index contributed by atoms with van der Waals surface area (Å²) in [5.41, 5.74) is 0.686. The van der Waals surface area contributed by atoms with E-state index < -0.39 is 46.7 Å². The number of benzene rings is 2. The minimum Gasteiger partial charge on any atom is -0.454 e. The van der Waals surface area contributed by atoms with Gasteiger partial charge in [0.05, 0.1) is 36.2 Å². The lowest BCUT2D eigenvalue weighted by Gasteiger charge is -2.31. The van der Waals surface area contributed by atoms with Gasteiger partial charge in [0.25, 0.3) is 0 Å². The van der Waals surface area contributed by atoms with Crippen LogP contribution in [0.4, 0.5) is 9.59 Å². The van der Waals surface area contributed by atoms with Crippen LogP contribution in [0.15, 0.2) is 47.4 Å². The van der Waals surface area contributed by atoms with Crippen LogP contribution in [-0.4, -0.2) is 94.7 Å². The van der Waals surface area contributed by atoms with Crippen molar-refractivity contribution < 1.29 is 51.5 Å². The molecule has 0 aromatic heterocycles. The number of nitrogens with one attached hydrogen (secondary N) is 2. The Hall–Kier alpha value is -3.63. The van der Waals surface area contributed by atoms with Crippen LogP contribution in [0.25, 0.3) is 0 Å². The highest BCUT2D eigenvalue weighted by molar-refractivity contribution is 7.89. The van der Waals surface area contributed by atoms with Crippen LogP contribution >= 0.6 is 0 Å². The van der Waals surface area contributed by atoms with Crippen molar-refractivity contribution in [3.05, 3.63) is 48.0 Å². The molecule has 0 radical (unpaired) electrons. The van der Waals surface area contributed by atoms with Crippen molar-refractivity contribution in [2.75, 3.05) is 40.1 Å². The highest BCUT2D eigenvalue weighted by Crippen LogP contribution is 2.35. The first kappa shape index (κ1) is 32.8. The molecule has 246 valence electrons. The monoisotopic (exact) mass is 649 g/mol. The number of rotatable bonds is 12. The van der Waals surface area contributed by atoms with Crippen LogP contribution in [0.1, 0.15) is 25.8 Å². The fourth-order valence-corrected chi connectivity index (χ4v) is 7.10. The van der Waals surface area contributed by atoms with Crippen molar-refractivity contribution in [2.24, 2.45) is 11.8 Å². The first-order valence-corrected chi connectivity index (χ1v) is 16.2. The number of aliphatic hydroxyl groups is 1. The SMILES string of the molecule is CNC(=O)Oc1ccc(C[C@H](NC(=O)O[C@H]2COC3OCCC32)[C@H](O)CN(CC(C)C)S(=O)(=O)c2ccc3c(c2)OCO3)cc1. The van der Waals surface area contributed by atoms with Crippen LogP contribution in [0, 0.1) is 11.8 Å². The predicted octanol–water partition coefficient (Wildman–Crippen LogP) is 2.24. The molecule has 3 N–H and O–H groups in total. The maximum atomic E-state index is 13.8. The molecular formula is C30H39N3O11S. The van der Waals surface area contributed by atoms with Crippen LogP contribution in [0.3, 0.4) is 0 Å². The maximum absolute atomic E-state index is 13.8. The Balaban J connectivity index is 1.34. The van der Waals surface area contributed by atoms with Crippen molar-refractivity contribution >= 4 is 22.2 Å². The zero-order valence-electron chi connectivity index (χ0n) is 25.3. The van der Waals surface area contributed by atoms with Gasteiger partial charge in [0, 0.05) is 26.2 Å². The molecule has 2 aromatic carbocycles. The number of hydrogen-bond acceptors (Lipinski definition) is 11. The zero-order chi connectivity index (χ0) is 32.1. The van der Waals surface area contributed by atoms with Gasteiger partial charge in [-0.25, -0.2) is 18.0 Å². The van der Waals surface area contributed by atoms with Crippen molar-refractivity contribution in [3.8, 4) is 17.2 Å². The number of carbonyl (C=O) groups is 2. The quantitative estimate of drug-likeness (QED) is 0.308. The number of alkyl carbamates (subject to hydrolysis) is 1. The van der Waals surface area contributed by atoms with Crippen molar-refractivity contribution in [1.82, 2.24) is 14.9 Å². The van der Waals surface area contributed by atoms with E-state index >= 15 is 0 Å². The molecule has 0 bridgehead atoms. The number of fused-ring (bicyclic) bond motifs is 2. The molecule has 0 spiro atoms. The first-order valence-electron chi connectivity index (χ1n) is 14.8. The van der Waals surface area contributed by atoms with Crippen molar-refractivity contribution in [1.29, 1.82) is 0 Å². The van der Waals surface area contributed by atoms with E-state index in [-0.39, 0.29) is 49.6 Å². The van der Waals surface area contributed by atoms with E-state index in [1.807, 2.05) is 13.8 Å². The Morgan fingerprint density at radius 2 is 1.80 bits per heavy atom. The average Bonchev–Trinajstić information content (AvgIpc) is 3.75. The van der Waals surface area contributed by atoms with Gasteiger partial charge in [-0.05, 0) is 48.6 Å². The number of nitrogens with zero attached hydrogens (tertiary/aromatic N) is 1. The molecular weight excluding hydrogens is 610 g/mol. The second-order valence-electron chi connectivity index (χ2n) is 11.5. The van der Waals surface area contributed by atoms with E-state index in [2.05, 4.69) is 10.6 Å². The lowest BCUT2D eigenvalue weighted by molar-refractivity contribution is -0.0907. The van der Waals surface area contributed by atoms with E-state index in [1.165, 1.54) is 29.6 Å². The van der Waals surface area contributed by atoms with Crippen molar-refractivity contribution in [3.63, 3.8) is 0 Å². The second kappa shape index (κ2) is 14.2. The summed E-state index contributed by atoms with van der Waals surface area (Å²) in [7, 11) is -2.64. The summed E-state index contributed by atoms with van der Waals surface area (Å²) in [6, 6.07) is 9.94. The smallest absolute Gasteiger partial charge is 0.412 e. The third kappa shape index (κ3) is 7.97. The number of amides is 2. The Labute approximate surface area is 261 Å². The summed E-state index contributed by atoms with van der Waals surface area (Å²) >= 11 is 0. The predicted molar refractivity (Wildman–Crippen MR) is 158 cm³/mol. The molecule has 14 nitrogen and oxygen atoms in total. The molecule has 0 saturated carbocycles. The van der Waals surface area contributed by atoms with E-state index in [1.54, 1.807) is 24.3 Å². The molecule has 15 heteroatoms. The molecule has 5 rings (SSSR count). The number of carbonyl (C=O) groups excluding carboxylic acids is 2. The fourth-order valence-electron chi connectivity index (χ4n) is 5.46. The maximum Gasteiger partial charge on any atom is 0.412 e. The summed E-state index contributed by atoms with van der Waals surface area (Å²) in [6.45, 7) is 4.24. The van der Waals surface area contributed by atoms with Gasteiger partial charge in [0.15, 0.2) is 17.8 Å². The Morgan fingerprint density at radius 1 is 1.04 bits per heavy atom. The summed E-state index contributed by atoms with van der Waals surface area (Å²) in [6.07, 6.45) is -2.85. The largest absolute Gasteiger partial charge is 0.454 e. The average molecular weight is 650 g/mol. The standard InChI is InChI=1S/C30H39N3O11S/c1-18(2)14-33(45(37,38)21-8-9-25-26(13-21)42-17-41-25)15-24(34)23(12-19-4-6-20(7-5-19)43-29(35)31-3)32-30(36)44-27-16-40-28-22(27)10-11-39-28/h4-9,13,18,22-24,27-28,34H,10-12,14-17H2,1-3H3,(H,31,35)(H,32,36)/t22?,23-,24+,27-,28?/m0/s1. The highest BCUT2D eigenvalue weighted by atomic mass is 32.2. The topological polar surface area (TPSA) is 171 Å².